The summed E-state index contributed by atoms with van der Waals surface area (Å²) in [5.74, 6) is 0.735. The number of methoxy groups -OCH3 is 1. The van der Waals surface area contributed by atoms with Crippen molar-refractivity contribution in [2.45, 2.75) is 0 Å². The molecule has 0 aliphatic heterocycles. The molecule has 0 aliphatic rings. The maximum atomic E-state index is 12.6. The third-order valence-corrected chi connectivity index (χ3v) is 6.19. The normalized spacial score (nSPS) is 12.0. The van der Waals surface area contributed by atoms with Crippen LogP contribution in [0, 0.1) is 0 Å². The number of rotatable bonds is 4. The quantitative estimate of drug-likeness (QED) is 0.395. The minimum atomic E-state index is -0.193. The lowest BCUT2D eigenvalue weighted by molar-refractivity contribution is 0.412. The molecular formula is C21H14BrN5O2S. The highest BCUT2D eigenvalue weighted by Gasteiger charge is 2.14. The summed E-state index contributed by atoms with van der Waals surface area (Å²) < 4.78 is 9.83. The first kappa shape index (κ1) is 18.7. The highest BCUT2D eigenvalue weighted by Crippen LogP contribution is 2.32. The number of halogens is 1. The van der Waals surface area contributed by atoms with Crippen molar-refractivity contribution in [2.75, 3.05) is 7.11 Å². The van der Waals surface area contributed by atoms with E-state index < -0.39 is 0 Å². The van der Waals surface area contributed by atoms with Gasteiger partial charge in [0.1, 0.15) is 17.8 Å². The van der Waals surface area contributed by atoms with Gasteiger partial charge in [0.25, 0.3) is 5.56 Å². The number of hydrogen-bond acceptors (Lipinski definition) is 6. The van der Waals surface area contributed by atoms with Gasteiger partial charge >= 0.3 is 0 Å². The van der Waals surface area contributed by atoms with Crippen LogP contribution in [0.15, 0.2) is 70.3 Å². The second-order valence-electron chi connectivity index (χ2n) is 6.43. The van der Waals surface area contributed by atoms with E-state index in [0.717, 1.165) is 32.7 Å². The van der Waals surface area contributed by atoms with Crippen LogP contribution in [0.5, 0.6) is 5.75 Å². The first-order valence-corrected chi connectivity index (χ1v) is 10.6. The van der Waals surface area contributed by atoms with Gasteiger partial charge in [0, 0.05) is 17.3 Å². The summed E-state index contributed by atoms with van der Waals surface area (Å²) in [5.41, 5.74) is 3.20. The van der Waals surface area contributed by atoms with Crippen LogP contribution in [0.1, 0.15) is 5.56 Å². The zero-order valence-electron chi connectivity index (χ0n) is 15.7. The maximum absolute atomic E-state index is 12.6. The van der Waals surface area contributed by atoms with E-state index in [1.54, 1.807) is 11.8 Å². The molecule has 30 heavy (non-hydrogen) atoms. The Hall–Kier alpha value is -3.30. The van der Waals surface area contributed by atoms with E-state index in [1.807, 2.05) is 60.8 Å². The van der Waals surface area contributed by atoms with Gasteiger partial charge in [-0.25, -0.2) is 9.67 Å². The SMILES string of the molecule is COc1ccc(-c2nn(-c3ccccc3)cc2C=c2sc3ncnn3c2=O)cc1Br. The number of aromatic nitrogens is 5. The van der Waals surface area contributed by atoms with Crippen LogP contribution in [0.2, 0.25) is 0 Å². The number of para-hydroxylation sites is 1. The van der Waals surface area contributed by atoms with E-state index in [0.29, 0.717) is 9.49 Å². The van der Waals surface area contributed by atoms with Crippen molar-refractivity contribution in [3.05, 3.63) is 86.0 Å². The molecule has 0 aliphatic carbocycles. The summed E-state index contributed by atoms with van der Waals surface area (Å²) in [6, 6.07) is 15.6. The molecule has 0 saturated carbocycles. The molecule has 0 bridgehead atoms. The molecule has 0 N–H and O–H groups in total. The van der Waals surface area contributed by atoms with Crippen LogP contribution < -0.4 is 14.8 Å². The van der Waals surface area contributed by atoms with Gasteiger partial charge in [-0.2, -0.15) is 14.7 Å². The van der Waals surface area contributed by atoms with Gasteiger partial charge in [-0.15, -0.1) is 0 Å². The molecule has 2 aromatic carbocycles. The van der Waals surface area contributed by atoms with E-state index in [9.17, 15) is 4.79 Å². The fraction of sp³-hybridized carbons (Fsp3) is 0.0476. The number of ether oxygens (including phenoxy) is 1. The largest absolute Gasteiger partial charge is 0.496 e. The smallest absolute Gasteiger partial charge is 0.291 e. The Morgan fingerprint density at radius 1 is 1.17 bits per heavy atom. The van der Waals surface area contributed by atoms with E-state index in [4.69, 9.17) is 9.84 Å². The molecule has 5 aromatic rings. The molecule has 0 atom stereocenters. The highest BCUT2D eigenvalue weighted by molar-refractivity contribution is 9.10. The summed E-state index contributed by atoms with van der Waals surface area (Å²) in [5, 5.41) is 8.79. The van der Waals surface area contributed by atoms with Crippen LogP contribution in [0.3, 0.4) is 0 Å². The minimum absolute atomic E-state index is 0.193. The summed E-state index contributed by atoms with van der Waals surface area (Å²) >= 11 is 4.84. The maximum Gasteiger partial charge on any atom is 0.291 e. The second kappa shape index (κ2) is 7.51. The first-order chi connectivity index (χ1) is 14.6. The fourth-order valence-electron chi connectivity index (χ4n) is 3.16. The average Bonchev–Trinajstić information content (AvgIpc) is 3.46. The topological polar surface area (TPSA) is 74.3 Å². The standard InChI is InChI=1S/C21H14BrN5O2S/c1-29-17-8-7-13(9-16(17)22)19-14(11-26(25-19)15-5-3-2-4-6-15)10-18-20(28)27-21(30-18)23-12-24-27/h2-12H,1H3. The fourth-order valence-corrected chi connectivity index (χ4v) is 4.58. The molecule has 0 fully saturated rings. The summed E-state index contributed by atoms with van der Waals surface area (Å²) in [4.78, 5) is 17.3. The molecule has 0 unspecified atom stereocenters. The third kappa shape index (κ3) is 3.21. The van der Waals surface area contributed by atoms with Crippen molar-refractivity contribution in [2.24, 2.45) is 0 Å². The molecule has 0 spiro atoms. The minimum Gasteiger partial charge on any atom is -0.496 e. The molecular weight excluding hydrogens is 466 g/mol. The molecule has 148 valence electrons. The Morgan fingerprint density at radius 2 is 2.00 bits per heavy atom. The van der Waals surface area contributed by atoms with Gasteiger partial charge in [0.15, 0.2) is 0 Å². The molecule has 3 aromatic heterocycles. The Kier molecular flexibility index (Phi) is 4.68. The lowest BCUT2D eigenvalue weighted by Crippen LogP contribution is -2.23. The second-order valence-corrected chi connectivity index (χ2v) is 8.30. The Labute approximate surface area is 183 Å². The lowest BCUT2D eigenvalue weighted by Gasteiger charge is -2.05. The number of benzene rings is 2. The third-order valence-electron chi connectivity index (χ3n) is 4.60. The number of thiazole rings is 1. The van der Waals surface area contributed by atoms with E-state index in [-0.39, 0.29) is 5.56 Å². The van der Waals surface area contributed by atoms with Gasteiger partial charge in [-0.3, -0.25) is 4.79 Å². The highest BCUT2D eigenvalue weighted by atomic mass is 79.9. The van der Waals surface area contributed by atoms with Crippen LogP contribution >= 0.6 is 27.3 Å². The van der Waals surface area contributed by atoms with Crippen LogP contribution in [-0.4, -0.2) is 31.5 Å². The molecule has 5 rings (SSSR count). The van der Waals surface area contributed by atoms with Gasteiger partial charge in [-0.1, -0.05) is 29.5 Å². The van der Waals surface area contributed by atoms with Crippen LogP contribution in [0.25, 0.3) is 28.0 Å². The molecule has 0 saturated heterocycles. The summed E-state index contributed by atoms with van der Waals surface area (Å²) in [6.45, 7) is 0. The van der Waals surface area contributed by atoms with E-state index >= 15 is 0 Å². The predicted molar refractivity (Wildman–Crippen MR) is 119 cm³/mol. The molecule has 3 heterocycles. The monoisotopic (exact) mass is 479 g/mol. The Balaban J connectivity index is 1.72. The zero-order chi connectivity index (χ0) is 20.7. The number of fused-ring (bicyclic) bond motifs is 1. The lowest BCUT2D eigenvalue weighted by atomic mass is 10.1. The number of hydrogen-bond donors (Lipinski definition) is 0. The zero-order valence-corrected chi connectivity index (χ0v) is 18.1. The van der Waals surface area contributed by atoms with Crippen molar-refractivity contribution in [3.8, 4) is 22.7 Å². The Bertz CT molecular complexity index is 1470. The first-order valence-electron chi connectivity index (χ1n) is 8.97. The van der Waals surface area contributed by atoms with Gasteiger partial charge < -0.3 is 4.74 Å². The number of nitrogens with zero attached hydrogens (tertiary/aromatic N) is 5. The Morgan fingerprint density at radius 3 is 2.73 bits per heavy atom. The van der Waals surface area contributed by atoms with Crippen molar-refractivity contribution >= 4 is 38.3 Å². The molecule has 7 nitrogen and oxygen atoms in total. The molecule has 9 heteroatoms. The van der Waals surface area contributed by atoms with E-state index in [2.05, 4.69) is 26.0 Å². The van der Waals surface area contributed by atoms with Gasteiger partial charge in [0.2, 0.25) is 4.96 Å². The van der Waals surface area contributed by atoms with Crippen molar-refractivity contribution in [1.82, 2.24) is 24.4 Å². The molecule has 0 amide bonds. The van der Waals surface area contributed by atoms with Crippen LogP contribution in [0.4, 0.5) is 0 Å². The van der Waals surface area contributed by atoms with Gasteiger partial charge in [0.05, 0.1) is 21.8 Å². The van der Waals surface area contributed by atoms with Crippen molar-refractivity contribution in [3.63, 3.8) is 0 Å². The average molecular weight is 480 g/mol. The summed E-state index contributed by atoms with van der Waals surface area (Å²) in [6.07, 6.45) is 5.13. The van der Waals surface area contributed by atoms with Crippen molar-refractivity contribution in [1.29, 1.82) is 0 Å². The van der Waals surface area contributed by atoms with E-state index in [1.165, 1.54) is 22.2 Å². The van der Waals surface area contributed by atoms with Gasteiger partial charge in [-0.05, 0) is 52.3 Å². The van der Waals surface area contributed by atoms with Crippen LogP contribution in [-0.2, 0) is 0 Å². The summed E-state index contributed by atoms with van der Waals surface area (Å²) in [7, 11) is 1.63. The predicted octanol–water partition coefficient (Wildman–Crippen LogP) is 3.32. The molecule has 0 radical (unpaired) electrons. The van der Waals surface area contributed by atoms with Crippen molar-refractivity contribution < 1.29 is 4.74 Å².